The summed E-state index contributed by atoms with van der Waals surface area (Å²) in [6.07, 6.45) is 1.29. The molecule has 0 bridgehead atoms. The molecule has 1 aromatic carbocycles. The van der Waals surface area contributed by atoms with Gasteiger partial charge < -0.3 is 4.74 Å². The Labute approximate surface area is 86.1 Å². The second-order valence-electron chi connectivity index (χ2n) is 2.74. The van der Waals surface area contributed by atoms with Crippen molar-refractivity contribution in [1.82, 2.24) is 0 Å². The molecule has 1 rings (SSSR count). The van der Waals surface area contributed by atoms with E-state index in [1.807, 2.05) is 0 Å². The monoisotopic (exact) mass is 207 g/mol. The summed E-state index contributed by atoms with van der Waals surface area (Å²) in [4.78, 5) is 20.8. The van der Waals surface area contributed by atoms with Crippen LogP contribution >= 0.6 is 0 Å². The topological polar surface area (TPSA) is 69.4 Å². The van der Waals surface area contributed by atoms with E-state index in [-0.39, 0.29) is 17.0 Å². The lowest BCUT2D eigenvalue weighted by molar-refractivity contribution is -0.385. The number of esters is 1. The minimum Gasteiger partial charge on any atom is -0.426 e. The van der Waals surface area contributed by atoms with Gasteiger partial charge in [0.15, 0.2) is 0 Å². The highest BCUT2D eigenvalue weighted by atomic mass is 16.6. The molecule has 5 nitrogen and oxygen atoms in total. The molecule has 15 heavy (non-hydrogen) atoms. The van der Waals surface area contributed by atoms with E-state index in [1.54, 1.807) is 0 Å². The molecule has 0 amide bonds. The van der Waals surface area contributed by atoms with Crippen LogP contribution in [0.3, 0.4) is 0 Å². The molecule has 0 aliphatic carbocycles. The van der Waals surface area contributed by atoms with Gasteiger partial charge in [0.1, 0.15) is 5.75 Å². The third-order valence-corrected chi connectivity index (χ3v) is 1.70. The highest BCUT2D eigenvalue weighted by Gasteiger charge is 2.16. The van der Waals surface area contributed by atoms with Crippen molar-refractivity contribution in [3.63, 3.8) is 0 Å². The van der Waals surface area contributed by atoms with Crippen LogP contribution < -0.4 is 4.74 Å². The molecule has 0 aromatic heterocycles. The summed E-state index contributed by atoms with van der Waals surface area (Å²) in [6.45, 7) is 4.67. The van der Waals surface area contributed by atoms with Crippen molar-refractivity contribution in [3.8, 4) is 5.75 Å². The van der Waals surface area contributed by atoms with Gasteiger partial charge in [-0.1, -0.05) is 18.7 Å². The van der Waals surface area contributed by atoms with Gasteiger partial charge in [-0.15, -0.1) is 0 Å². The van der Waals surface area contributed by atoms with Crippen molar-refractivity contribution in [1.29, 1.82) is 0 Å². The van der Waals surface area contributed by atoms with Gasteiger partial charge in [-0.05, 0) is 6.07 Å². The van der Waals surface area contributed by atoms with Gasteiger partial charge in [-0.25, -0.2) is 0 Å². The molecule has 0 radical (unpaired) electrons. The van der Waals surface area contributed by atoms with Crippen LogP contribution in [0.25, 0.3) is 6.08 Å². The number of hydrogen-bond donors (Lipinski definition) is 0. The Morgan fingerprint density at radius 2 is 2.27 bits per heavy atom. The Morgan fingerprint density at radius 1 is 1.60 bits per heavy atom. The normalized spacial score (nSPS) is 9.40. The molecule has 0 saturated carbocycles. The molecule has 78 valence electrons. The smallest absolute Gasteiger partial charge is 0.308 e. The lowest BCUT2D eigenvalue weighted by Gasteiger charge is -2.05. The Bertz CT molecular complexity index is 425. The first kappa shape index (κ1) is 10.9. The summed E-state index contributed by atoms with van der Waals surface area (Å²) >= 11 is 0. The zero-order chi connectivity index (χ0) is 11.4. The summed E-state index contributed by atoms with van der Waals surface area (Å²) in [7, 11) is 0. The molecule has 0 heterocycles. The summed E-state index contributed by atoms with van der Waals surface area (Å²) in [5, 5.41) is 10.6. The molecule has 0 N–H and O–H groups in total. The minimum absolute atomic E-state index is 0.135. The number of nitrogens with zero attached hydrogens (tertiary/aromatic N) is 1. The maximum Gasteiger partial charge on any atom is 0.308 e. The standard InChI is InChI=1S/C10H9NO4/c1-3-8-9(11(13)14)5-4-6-10(8)15-7(2)12/h3-6H,1H2,2H3. The van der Waals surface area contributed by atoms with Crippen LogP contribution in [0.2, 0.25) is 0 Å². The number of nitro benzene ring substituents is 1. The van der Waals surface area contributed by atoms with Crippen LogP contribution in [-0.2, 0) is 4.79 Å². The van der Waals surface area contributed by atoms with Crippen molar-refractivity contribution < 1.29 is 14.5 Å². The molecule has 0 fully saturated rings. The summed E-state index contributed by atoms with van der Waals surface area (Å²) in [5.74, 6) is -0.384. The Morgan fingerprint density at radius 3 is 2.73 bits per heavy atom. The van der Waals surface area contributed by atoms with Crippen molar-refractivity contribution in [2.75, 3.05) is 0 Å². The van der Waals surface area contributed by atoms with E-state index < -0.39 is 10.9 Å². The molecule has 5 heteroatoms. The largest absolute Gasteiger partial charge is 0.426 e. The third-order valence-electron chi connectivity index (χ3n) is 1.70. The molecule has 1 aromatic rings. The number of hydrogen-bond acceptors (Lipinski definition) is 4. The molecule has 0 aliphatic heterocycles. The van der Waals surface area contributed by atoms with E-state index in [0.717, 1.165) is 0 Å². The van der Waals surface area contributed by atoms with Crippen molar-refractivity contribution in [3.05, 3.63) is 40.5 Å². The van der Waals surface area contributed by atoms with Crippen molar-refractivity contribution in [2.24, 2.45) is 0 Å². The van der Waals surface area contributed by atoms with Crippen molar-refractivity contribution >= 4 is 17.7 Å². The van der Waals surface area contributed by atoms with Gasteiger partial charge in [-0.2, -0.15) is 0 Å². The first-order chi connectivity index (χ1) is 7.06. The number of ether oxygens (including phenoxy) is 1. The van der Waals surface area contributed by atoms with Crippen LogP contribution in [0.4, 0.5) is 5.69 Å². The first-order valence-corrected chi connectivity index (χ1v) is 4.14. The first-order valence-electron chi connectivity index (χ1n) is 4.14. The number of nitro groups is 1. The fraction of sp³-hybridized carbons (Fsp3) is 0.100. The van der Waals surface area contributed by atoms with E-state index in [2.05, 4.69) is 6.58 Å². The highest BCUT2D eigenvalue weighted by molar-refractivity contribution is 5.74. The third kappa shape index (κ3) is 2.40. The van der Waals surface area contributed by atoms with Gasteiger partial charge in [0, 0.05) is 13.0 Å². The maximum absolute atomic E-state index is 10.7. The minimum atomic E-state index is -0.552. The molecule has 0 aliphatic rings. The van der Waals surface area contributed by atoms with E-state index in [0.29, 0.717) is 0 Å². The fourth-order valence-corrected chi connectivity index (χ4v) is 1.14. The number of carbonyl (C=O) groups excluding carboxylic acids is 1. The van der Waals surface area contributed by atoms with Gasteiger partial charge in [-0.3, -0.25) is 14.9 Å². The lowest BCUT2D eigenvalue weighted by Crippen LogP contribution is -2.04. The van der Waals surface area contributed by atoms with Crippen LogP contribution in [0.15, 0.2) is 24.8 Å². The predicted octanol–water partition coefficient (Wildman–Crippen LogP) is 2.16. The van der Waals surface area contributed by atoms with E-state index >= 15 is 0 Å². The SMILES string of the molecule is C=Cc1c(OC(C)=O)cccc1[N+](=O)[O-]. The van der Waals surface area contributed by atoms with Crippen LogP contribution in [0.1, 0.15) is 12.5 Å². The molecule has 0 unspecified atom stereocenters. The number of carbonyl (C=O) groups is 1. The van der Waals surface area contributed by atoms with Crippen LogP contribution in [0, 0.1) is 10.1 Å². The zero-order valence-corrected chi connectivity index (χ0v) is 8.10. The summed E-state index contributed by atoms with van der Waals surface area (Å²) < 4.78 is 4.81. The van der Waals surface area contributed by atoms with E-state index in [4.69, 9.17) is 4.74 Å². The number of rotatable bonds is 3. The molecular formula is C10H9NO4. The Kier molecular flexibility index (Phi) is 3.17. The Balaban J connectivity index is 3.27. The van der Waals surface area contributed by atoms with Gasteiger partial charge >= 0.3 is 5.97 Å². The Hall–Kier alpha value is -2.17. The second kappa shape index (κ2) is 4.36. The van der Waals surface area contributed by atoms with E-state index in [1.165, 1.54) is 31.2 Å². The molecule has 0 atom stereocenters. The van der Waals surface area contributed by atoms with Crippen LogP contribution in [-0.4, -0.2) is 10.9 Å². The molecule has 0 spiro atoms. The van der Waals surface area contributed by atoms with E-state index in [9.17, 15) is 14.9 Å². The van der Waals surface area contributed by atoms with Gasteiger partial charge in [0.2, 0.25) is 0 Å². The van der Waals surface area contributed by atoms with Crippen LogP contribution in [0.5, 0.6) is 5.75 Å². The predicted molar refractivity (Wildman–Crippen MR) is 54.5 cm³/mol. The number of benzene rings is 1. The highest BCUT2D eigenvalue weighted by Crippen LogP contribution is 2.29. The van der Waals surface area contributed by atoms with Gasteiger partial charge in [0.05, 0.1) is 10.5 Å². The second-order valence-corrected chi connectivity index (χ2v) is 2.74. The fourth-order valence-electron chi connectivity index (χ4n) is 1.14. The van der Waals surface area contributed by atoms with Gasteiger partial charge in [0.25, 0.3) is 5.69 Å². The van der Waals surface area contributed by atoms with Crippen molar-refractivity contribution in [2.45, 2.75) is 6.92 Å². The average molecular weight is 207 g/mol. The molecular weight excluding hydrogens is 198 g/mol. The quantitative estimate of drug-likeness (QED) is 0.329. The maximum atomic E-state index is 10.7. The summed E-state index contributed by atoms with van der Waals surface area (Å²) in [5.41, 5.74) is 0.0708. The summed E-state index contributed by atoms with van der Waals surface area (Å²) in [6, 6.07) is 4.25. The molecule has 0 saturated heterocycles. The lowest BCUT2D eigenvalue weighted by atomic mass is 10.1. The zero-order valence-electron chi connectivity index (χ0n) is 8.10. The average Bonchev–Trinajstić information content (AvgIpc) is 2.16.